The van der Waals surface area contributed by atoms with Crippen LogP contribution in [0.3, 0.4) is 0 Å². The summed E-state index contributed by atoms with van der Waals surface area (Å²) in [5.41, 5.74) is 2.06. The number of aromatic amines is 2. The van der Waals surface area contributed by atoms with Crippen molar-refractivity contribution in [1.82, 2.24) is 15.5 Å². The van der Waals surface area contributed by atoms with Crippen LogP contribution in [0.25, 0.3) is 0 Å². The molecule has 0 saturated heterocycles. The summed E-state index contributed by atoms with van der Waals surface area (Å²) in [5, 5.41) is 7.67. The Morgan fingerprint density at radius 3 is 2.43 bits per heavy atom. The van der Waals surface area contributed by atoms with E-state index in [0.717, 1.165) is 5.56 Å². The number of nitrogens with one attached hydrogen (secondary N) is 3. The van der Waals surface area contributed by atoms with Gasteiger partial charge in [-0.25, -0.2) is 0 Å². The SMILES string of the molecule is Cc1ccc(C(=O)CCC(=O)NCc2cc(=O)[nH][nH]2)cc1. The monoisotopic (exact) mass is 287 g/mol. The van der Waals surface area contributed by atoms with E-state index in [1.54, 1.807) is 12.1 Å². The summed E-state index contributed by atoms with van der Waals surface area (Å²) >= 11 is 0. The molecule has 0 saturated carbocycles. The van der Waals surface area contributed by atoms with Gasteiger partial charge in [0.1, 0.15) is 0 Å². The van der Waals surface area contributed by atoms with E-state index in [1.165, 1.54) is 6.07 Å². The molecule has 1 heterocycles. The zero-order valence-corrected chi connectivity index (χ0v) is 11.7. The molecule has 0 spiro atoms. The molecule has 0 atom stereocenters. The van der Waals surface area contributed by atoms with Crippen LogP contribution in [0.15, 0.2) is 35.1 Å². The minimum atomic E-state index is -0.242. The second-order valence-corrected chi connectivity index (χ2v) is 4.85. The molecule has 6 nitrogen and oxygen atoms in total. The van der Waals surface area contributed by atoms with Gasteiger partial charge in [-0.2, -0.15) is 0 Å². The number of aromatic nitrogens is 2. The lowest BCUT2D eigenvalue weighted by molar-refractivity contribution is -0.121. The van der Waals surface area contributed by atoms with Crippen LogP contribution in [0.5, 0.6) is 0 Å². The third-order valence-corrected chi connectivity index (χ3v) is 3.08. The highest BCUT2D eigenvalue weighted by Crippen LogP contribution is 2.07. The molecule has 1 amide bonds. The first kappa shape index (κ1) is 14.8. The third kappa shape index (κ3) is 4.45. The van der Waals surface area contributed by atoms with Gasteiger partial charge in [0.2, 0.25) is 5.91 Å². The van der Waals surface area contributed by atoms with Crippen LogP contribution in [0.4, 0.5) is 0 Å². The van der Waals surface area contributed by atoms with Crippen LogP contribution >= 0.6 is 0 Å². The van der Waals surface area contributed by atoms with E-state index >= 15 is 0 Å². The van der Waals surface area contributed by atoms with E-state index in [0.29, 0.717) is 11.3 Å². The van der Waals surface area contributed by atoms with Gasteiger partial charge >= 0.3 is 0 Å². The average molecular weight is 287 g/mol. The van der Waals surface area contributed by atoms with E-state index < -0.39 is 0 Å². The van der Waals surface area contributed by atoms with Crippen molar-refractivity contribution in [2.75, 3.05) is 0 Å². The van der Waals surface area contributed by atoms with Crippen molar-refractivity contribution < 1.29 is 9.59 Å². The number of hydrogen-bond acceptors (Lipinski definition) is 3. The van der Waals surface area contributed by atoms with E-state index in [2.05, 4.69) is 15.5 Å². The number of benzene rings is 1. The summed E-state index contributed by atoms with van der Waals surface area (Å²) in [4.78, 5) is 34.4. The van der Waals surface area contributed by atoms with Gasteiger partial charge in [-0.3, -0.25) is 19.5 Å². The summed E-state index contributed by atoms with van der Waals surface area (Å²) in [5.74, 6) is -0.280. The molecule has 0 aliphatic carbocycles. The van der Waals surface area contributed by atoms with Gasteiger partial charge < -0.3 is 10.4 Å². The Labute approximate surface area is 121 Å². The Hall–Kier alpha value is -2.63. The van der Waals surface area contributed by atoms with E-state index in [1.807, 2.05) is 19.1 Å². The molecular weight excluding hydrogens is 270 g/mol. The Morgan fingerprint density at radius 1 is 1.10 bits per heavy atom. The fourth-order valence-electron chi connectivity index (χ4n) is 1.86. The van der Waals surface area contributed by atoms with Crippen molar-refractivity contribution in [3.63, 3.8) is 0 Å². The first-order valence-corrected chi connectivity index (χ1v) is 6.68. The van der Waals surface area contributed by atoms with Crippen molar-refractivity contribution in [3.8, 4) is 0 Å². The number of rotatable bonds is 6. The molecule has 2 aromatic rings. The summed E-state index contributed by atoms with van der Waals surface area (Å²) in [6.45, 7) is 2.18. The van der Waals surface area contributed by atoms with Gasteiger partial charge in [-0.15, -0.1) is 0 Å². The fraction of sp³-hybridized carbons (Fsp3) is 0.267. The largest absolute Gasteiger partial charge is 0.350 e. The van der Waals surface area contributed by atoms with Gasteiger partial charge in [-0.05, 0) is 6.92 Å². The molecule has 1 aromatic carbocycles. The molecule has 0 aliphatic rings. The summed E-state index contributed by atoms with van der Waals surface area (Å²) in [6, 6.07) is 8.64. The van der Waals surface area contributed by atoms with Crippen molar-refractivity contribution in [1.29, 1.82) is 0 Å². The zero-order chi connectivity index (χ0) is 15.2. The molecule has 0 aliphatic heterocycles. The Balaban J connectivity index is 1.77. The first-order valence-electron chi connectivity index (χ1n) is 6.68. The summed E-state index contributed by atoms with van der Waals surface area (Å²) < 4.78 is 0. The van der Waals surface area contributed by atoms with Gasteiger partial charge in [0.15, 0.2) is 5.78 Å². The number of ketones is 1. The maximum Gasteiger partial charge on any atom is 0.264 e. The molecule has 3 N–H and O–H groups in total. The Morgan fingerprint density at radius 2 is 1.81 bits per heavy atom. The van der Waals surface area contributed by atoms with Gasteiger partial charge in [0.25, 0.3) is 5.56 Å². The molecule has 1 aromatic heterocycles. The molecule has 6 heteroatoms. The quantitative estimate of drug-likeness (QED) is 0.699. The fourth-order valence-corrected chi connectivity index (χ4v) is 1.86. The number of amides is 1. The molecule has 0 bridgehead atoms. The molecular formula is C15H17N3O3. The normalized spacial score (nSPS) is 10.3. The molecule has 2 rings (SSSR count). The maximum atomic E-state index is 11.9. The number of H-pyrrole nitrogens is 2. The van der Waals surface area contributed by atoms with Crippen molar-refractivity contribution in [2.24, 2.45) is 0 Å². The number of Topliss-reactive ketones (excluding diaryl/α,β-unsaturated/α-hetero) is 1. The van der Waals surface area contributed by atoms with Gasteiger partial charge in [-0.1, -0.05) is 29.8 Å². The minimum Gasteiger partial charge on any atom is -0.350 e. The standard InChI is InChI=1S/C15H17N3O3/c1-10-2-4-11(5-3-10)13(19)6-7-14(20)16-9-12-8-15(21)18-17-12/h2-5,8H,6-7,9H2,1H3,(H,16,20)(H2,17,18,21). The highest BCUT2D eigenvalue weighted by molar-refractivity contribution is 5.97. The van der Waals surface area contributed by atoms with Gasteiger partial charge in [0, 0.05) is 24.5 Å². The second-order valence-electron chi connectivity index (χ2n) is 4.85. The predicted octanol–water partition coefficient (Wildman–Crippen LogP) is 1.29. The lowest BCUT2D eigenvalue weighted by Crippen LogP contribution is -2.23. The molecule has 21 heavy (non-hydrogen) atoms. The van der Waals surface area contributed by atoms with Crippen molar-refractivity contribution in [3.05, 3.63) is 57.5 Å². The van der Waals surface area contributed by atoms with Crippen LogP contribution in [-0.4, -0.2) is 21.9 Å². The third-order valence-electron chi connectivity index (χ3n) is 3.08. The minimum absolute atomic E-state index is 0.0554. The molecule has 0 radical (unpaired) electrons. The predicted molar refractivity (Wildman–Crippen MR) is 78.0 cm³/mol. The topological polar surface area (TPSA) is 94.8 Å². The van der Waals surface area contributed by atoms with E-state index in [9.17, 15) is 14.4 Å². The van der Waals surface area contributed by atoms with Crippen LogP contribution in [0.2, 0.25) is 0 Å². The summed E-state index contributed by atoms with van der Waals surface area (Å²) in [7, 11) is 0. The number of carbonyl (C=O) groups is 2. The lowest BCUT2D eigenvalue weighted by atomic mass is 10.1. The smallest absolute Gasteiger partial charge is 0.264 e. The van der Waals surface area contributed by atoms with Crippen molar-refractivity contribution >= 4 is 11.7 Å². The maximum absolute atomic E-state index is 11.9. The molecule has 110 valence electrons. The summed E-state index contributed by atoms with van der Waals surface area (Å²) in [6.07, 6.45) is 0.292. The van der Waals surface area contributed by atoms with Crippen LogP contribution in [0.1, 0.15) is 34.5 Å². The number of aryl methyl sites for hydroxylation is 1. The van der Waals surface area contributed by atoms with Crippen molar-refractivity contribution in [2.45, 2.75) is 26.3 Å². The van der Waals surface area contributed by atoms with E-state index in [-0.39, 0.29) is 36.6 Å². The second kappa shape index (κ2) is 6.69. The Bertz CT molecular complexity index is 683. The zero-order valence-electron chi connectivity index (χ0n) is 11.7. The lowest BCUT2D eigenvalue weighted by Gasteiger charge is -2.04. The van der Waals surface area contributed by atoms with Gasteiger partial charge in [0.05, 0.1) is 12.2 Å². The van der Waals surface area contributed by atoms with E-state index in [4.69, 9.17) is 0 Å². The Kier molecular flexibility index (Phi) is 4.71. The van der Waals surface area contributed by atoms with Crippen LogP contribution in [-0.2, 0) is 11.3 Å². The highest BCUT2D eigenvalue weighted by Gasteiger charge is 2.09. The number of hydrogen-bond donors (Lipinski definition) is 3. The highest BCUT2D eigenvalue weighted by atomic mass is 16.2. The van der Waals surface area contributed by atoms with Crippen LogP contribution in [0, 0.1) is 6.92 Å². The molecule has 0 unspecified atom stereocenters. The van der Waals surface area contributed by atoms with Crippen LogP contribution < -0.4 is 10.9 Å². The number of carbonyl (C=O) groups excluding carboxylic acids is 2. The average Bonchev–Trinajstić information content (AvgIpc) is 2.89. The molecule has 0 fully saturated rings. The first-order chi connectivity index (χ1) is 10.0.